The number of carbonyl (C=O) groups excluding carboxylic acids is 1. The van der Waals surface area contributed by atoms with Crippen LogP contribution in [0.25, 0.3) is 0 Å². The molecule has 1 amide bonds. The van der Waals surface area contributed by atoms with E-state index in [-0.39, 0.29) is 24.0 Å². The van der Waals surface area contributed by atoms with E-state index in [2.05, 4.69) is 9.46 Å². The van der Waals surface area contributed by atoms with Gasteiger partial charge in [0.1, 0.15) is 0 Å². The standard InChI is InChI=1S/C18H20F2N2O5S/c1-22(11-12-4-9-15(27-18(19)20)16(10-12)26-2)17(23)13-5-7-14(8-6-13)21-28(3,24)25/h4-10,18,21H,11H2,1-3H3. The third-order valence-corrected chi connectivity index (χ3v) is 4.25. The summed E-state index contributed by atoms with van der Waals surface area (Å²) in [6, 6.07) is 10.4. The van der Waals surface area contributed by atoms with Gasteiger partial charge in [-0.05, 0) is 42.0 Å². The number of sulfonamides is 1. The highest BCUT2D eigenvalue weighted by Crippen LogP contribution is 2.30. The Hall–Kier alpha value is -2.88. The first-order chi connectivity index (χ1) is 13.1. The molecule has 0 unspecified atom stereocenters. The van der Waals surface area contributed by atoms with E-state index in [9.17, 15) is 22.0 Å². The number of nitrogens with one attached hydrogen (secondary N) is 1. The highest BCUT2D eigenvalue weighted by atomic mass is 32.2. The number of ether oxygens (including phenoxy) is 2. The Balaban J connectivity index is 2.09. The molecule has 0 aliphatic heterocycles. The molecule has 1 N–H and O–H groups in total. The van der Waals surface area contributed by atoms with E-state index < -0.39 is 16.6 Å². The first-order valence-electron chi connectivity index (χ1n) is 8.04. The minimum Gasteiger partial charge on any atom is -0.493 e. The van der Waals surface area contributed by atoms with Gasteiger partial charge < -0.3 is 14.4 Å². The van der Waals surface area contributed by atoms with Gasteiger partial charge in [0.15, 0.2) is 11.5 Å². The number of benzene rings is 2. The Bertz CT molecular complexity index is 933. The number of alkyl halides is 2. The summed E-state index contributed by atoms with van der Waals surface area (Å²) in [4.78, 5) is 14.0. The van der Waals surface area contributed by atoms with Crippen LogP contribution in [0.1, 0.15) is 15.9 Å². The lowest BCUT2D eigenvalue weighted by Crippen LogP contribution is -2.26. The maximum absolute atomic E-state index is 12.5. The molecule has 10 heteroatoms. The Kier molecular flexibility index (Phi) is 6.79. The monoisotopic (exact) mass is 414 g/mol. The van der Waals surface area contributed by atoms with Crippen molar-refractivity contribution in [3.05, 3.63) is 53.6 Å². The van der Waals surface area contributed by atoms with Gasteiger partial charge in [0.25, 0.3) is 5.91 Å². The Morgan fingerprint density at radius 3 is 2.32 bits per heavy atom. The number of carbonyl (C=O) groups is 1. The molecule has 2 rings (SSSR count). The predicted molar refractivity (Wildman–Crippen MR) is 100 cm³/mol. The number of nitrogens with zero attached hydrogens (tertiary/aromatic N) is 1. The van der Waals surface area contributed by atoms with Crippen LogP contribution in [0.4, 0.5) is 14.5 Å². The van der Waals surface area contributed by atoms with Crippen LogP contribution in [0.15, 0.2) is 42.5 Å². The SMILES string of the molecule is COc1cc(CN(C)C(=O)c2ccc(NS(C)(=O)=O)cc2)ccc1OC(F)F. The lowest BCUT2D eigenvalue weighted by molar-refractivity contribution is -0.0512. The quantitative estimate of drug-likeness (QED) is 0.718. The molecule has 2 aromatic carbocycles. The van der Waals surface area contributed by atoms with Gasteiger partial charge >= 0.3 is 6.61 Å². The van der Waals surface area contributed by atoms with E-state index in [0.717, 1.165) is 6.26 Å². The second-order valence-electron chi connectivity index (χ2n) is 5.98. The molecule has 0 aromatic heterocycles. The molecular weight excluding hydrogens is 394 g/mol. The minimum absolute atomic E-state index is 0.0933. The zero-order chi connectivity index (χ0) is 20.9. The summed E-state index contributed by atoms with van der Waals surface area (Å²) in [6.07, 6.45) is 1.03. The number of anilines is 1. The first-order valence-corrected chi connectivity index (χ1v) is 9.93. The van der Waals surface area contributed by atoms with Gasteiger partial charge in [0, 0.05) is 24.8 Å². The van der Waals surface area contributed by atoms with E-state index in [1.165, 1.54) is 48.4 Å². The van der Waals surface area contributed by atoms with Crippen LogP contribution in [0, 0.1) is 0 Å². The maximum Gasteiger partial charge on any atom is 0.387 e. The minimum atomic E-state index is -3.40. The van der Waals surface area contributed by atoms with Crippen LogP contribution in [-0.2, 0) is 16.6 Å². The van der Waals surface area contributed by atoms with Crippen molar-refractivity contribution in [1.29, 1.82) is 0 Å². The molecule has 7 nitrogen and oxygen atoms in total. The Morgan fingerprint density at radius 1 is 1.14 bits per heavy atom. The number of hydrogen-bond donors (Lipinski definition) is 1. The Morgan fingerprint density at radius 2 is 1.79 bits per heavy atom. The molecular formula is C18H20F2N2O5S. The molecule has 2 aromatic rings. The van der Waals surface area contributed by atoms with Crippen molar-refractivity contribution in [3.8, 4) is 11.5 Å². The fourth-order valence-electron chi connectivity index (χ4n) is 2.46. The van der Waals surface area contributed by atoms with E-state index in [4.69, 9.17) is 4.74 Å². The number of halogens is 2. The van der Waals surface area contributed by atoms with E-state index in [1.54, 1.807) is 13.1 Å². The van der Waals surface area contributed by atoms with Crippen molar-refractivity contribution >= 4 is 21.6 Å². The van der Waals surface area contributed by atoms with Crippen LogP contribution < -0.4 is 14.2 Å². The Labute approximate surface area is 161 Å². The fraction of sp³-hybridized carbons (Fsp3) is 0.278. The predicted octanol–water partition coefficient (Wildman–Crippen LogP) is 2.94. The first kappa shape index (κ1) is 21.4. The molecule has 152 valence electrons. The zero-order valence-corrected chi connectivity index (χ0v) is 16.3. The van der Waals surface area contributed by atoms with Gasteiger partial charge in [0.05, 0.1) is 13.4 Å². The second kappa shape index (κ2) is 8.87. The normalized spacial score (nSPS) is 11.2. The molecule has 28 heavy (non-hydrogen) atoms. The summed E-state index contributed by atoms with van der Waals surface area (Å²) in [5, 5.41) is 0. The van der Waals surface area contributed by atoms with Gasteiger partial charge in [-0.1, -0.05) is 6.07 Å². The molecule has 0 aliphatic rings. The fourth-order valence-corrected chi connectivity index (χ4v) is 3.03. The largest absolute Gasteiger partial charge is 0.493 e. The molecule has 0 fully saturated rings. The lowest BCUT2D eigenvalue weighted by atomic mass is 10.1. The number of amides is 1. The van der Waals surface area contributed by atoms with Gasteiger partial charge in [0.2, 0.25) is 10.0 Å². The third-order valence-electron chi connectivity index (χ3n) is 3.65. The second-order valence-corrected chi connectivity index (χ2v) is 7.72. The van der Waals surface area contributed by atoms with E-state index in [1.807, 2.05) is 0 Å². The molecule has 0 spiro atoms. The van der Waals surface area contributed by atoms with Crippen molar-refractivity contribution in [3.63, 3.8) is 0 Å². The summed E-state index contributed by atoms with van der Waals surface area (Å²) >= 11 is 0. The van der Waals surface area contributed by atoms with Gasteiger partial charge in [-0.25, -0.2) is 8.42 Å². The lowest BCUT2D eigenvalue weighted by Gasteiger charge is -2.19. The van der Waals surface area contributed by atoms with Crippen molar-refractivity contribution < 1.29 is 31.5 Å². The van der Waals surface area contributed by atoms with Crippen LogP contribution in [0.3, 0.4) is 0 Å². The molecule has 0 bridgehead atoms. The number of hydrogen-bond acceptors (Lipinski definition) is 5. The summed E-state index contributed by atoms with van der Waals surface area (Å²) in [5.74, 6) is -0.253. The van der Waals surface area contributed by atoms with Gasteiger partial charge in [-0.3, -0.25) is 9.52 Å². The zero-order valence-electron chi connectivity index (χ0n) is 15.5. The number of rotatable bonds is 8. The molecule has 0 heterocycles. The van der Waals surface area contributed by atoms with Gasteiger partial charge in [-0.2, -0.15) is 8.78 Å². The van der Waals surface area contributed by atoms with Crippen molar-refractivity contribution in [2.24, 2.45) is 0 Å². The van der Waals surface area contributed by atoms with E-state index >= 15 is 0 Å². The van der Waals surface area contributed by atoms with Crippen molar-refractivity contribution in [2.75, 3.05) is 25.1 Å². The molecule has 0 saturated carbocycles. The van der Waals surface area contributed by atoms with Crippen LogP contribution in [-0.4, -0.2) is 46.2 Å². The van der Waals surface area contributed by atoms with Crippen LogP contribution in [0.5, 0.6) is 11.5 Å². The van der Waals surface area contributed by atoms with Gasteiger partial charge in [-0.15, -0.1) is 0 Å². The summed E-state index contributed by atoms with van der Waals surface area (Å²) in [5.41, 5.74) is 1.37. The summed E-state index contributed by atoms with van der Waals surface area (Å²) < 4.78 is 59.0. The van der Waals surface area contributed by atoms with Crippen LogP contribution in [0.2, 0.25) is 0 Å². The molecule has 0 radical (unpaired) electrons. The summed E-state index contributed by atoms with van der Waals surface area (Å²) in [6.45, 7) is -2.77. The third kappa shape index (κ3) is 6.08. The average Bonchev–Trinajstić information content (AvgIpc) is 2.61. The maximum atomic E-state index is 12.5. The molecule has 0 aliphatic carbocycles. The number of methoxy groups -OCH3 is 1. The van der Waals surface area contributed by atoms with E-state index in [0.29, 0.717) is 16.8 Å². The summed E-state index contributed by atoms with van der Waals surface area (Å²) in [7, 11) is -0.483. The van der Waals surface area contributed by atoms with Crippen molar-refractivity contribution in [2.45, 2.75) is 13.2 Å². The molecule has 0 atom stereocenters. The topological polar surface area (TPSA) is 84.9 Å². The highest BCUT2D eigenvalue weighted by molar-refractivity contribution is 7.92. The van der Waals surface area contributed by atoms with Crippen molar-refractivity contribution in [1.82, 2.24) is 4.90 Å². The highest BCUT2D eigenvalue weighted by Gasteiger charge is 2.15. The molecule has 0 saturated heterocycles. The smallest absolute Gasteiger partial charge is 0.387 e. The van der Waals surface area contributed by atoms with Crippen LogP contribution >= 0.6 is 0 Å². The average molecular weight is 414 g/mol.